The van der Waals surface area contributed by atoms with Gasteiger partial charge in [-0.2, -0.15) is 10.1 Å². The van der Waals surface area contributed by atoms with Crippen molar-refractivity contribution >= 4 is 23.1 Å². The van der Waals surface area contributed by atoms with Crippen molar-refractivity contribution in [2.75, 3.05) is 34.8 Å². The van der Waals surface area contributed by atoms with Crippen LogP contribution in [0.4, 0.5) is 23.1 Å². The molecule has 6 heteroatoms. The first-order valence-corrected chi connectivity index (χ1v) is 10.3. The van der Waals surface area contributed by atoms with Gasteiger partial charge in [0.15, 0.2) is 5.82 Å². The monoisotopic (exact) mass is 388 g/mol. The highest BCUT2D eigenvalue weighted by atomic mass is 15.3. The number of anilines is 4. The summed E-state index contributed by atoms with van der Waals surface area (Å²) in [7, 11) is 0. The largest absolute Gasteiger partial charge is 0.372 e. The van der Waals surface area contributed by atoms with Crippen LogP contribution < -0.4 is 15.1 Å². The Kier molecular flexibility index (Phi) is 5.60. The van der Waals surface area contributed by atoms with Gasteiger partial charge in [0.2, 0.25) is 5.95 Å². The summed E-state index contributed by atoms with van der Waals surface area (Å²) in [5, 5.41) is 11.7. The van der Waals surface area contributed by atoms with Crippen molar-refractivity contribution in [2.45, 2.75) is 33.7 Å². The van der Waals surface area contributed by atoms with Crippen molar-refractivity contribution in [3.8, 4) is 0 Å². The maximum atomic E-state index is 4.73. The van der Waals surface area contributed by atoms with Crippen molar-refractivity contribution in [1.82, 2.24) is 15.2 Å². The normalized spacial score (nSPS) is 13.1. The zero-order valence-electron chi connectivity index (χ0n) is 17.4. The van der Waals surface area contributed by atoms with Crippen LogP contribution in [0.3, 0.4) is 0 Å². The average molecular weight is 389 g/mol. The zero-order valence-corrected chi connectivity index (χ0v) is 17.4. The highest BCUT2D eigenvalue weighted by molar-refractivity contribution is 5.64. The molecule has 0 unspecified atom stereocenters. The van der Waals surface area contributed by atoms with Crippen LogP contribution in [0, 0.1) is 6.92 Å². The van der Waals surface area contributed by atoms with E-state index in [4.69, 9.17) is 4.98 Å². The topological polar surface area (TPSA) is 57.2 Å². The molecule has 1 aliphatic heterocycles. The summed E-state index contributed by atoms with van der Waals surface area (Å²) >= 11 is 0. The SMILES string of the molecule is CCN(CC)c1ccc(Nc2nncc(N3CCc4ccccc4C3)n2)c(C)c1. The number of fused-ring (bicyclic) bond motifs is 1. The van der Waals surface area contributed by atoms with Gasteiger partial charge < -0.3 is 15.1 Å². The third kappa shape index (κ3) is 4.16. The van der Waals surface area contributed by atoms with Gasteiger partial charge in [-0.15, -0.1) is 5.10 Å². The molecule has 0 aliphatic carbocycles. The van der Waals surface area contributed by atoms with Gasteiger partial charge in [0.05, 0.1) is 6.20 Å². The number of nitrogens with zero attached hydrogens (tertiary/aromatic N) is 5. The van der Waals surface area contributed by atoms with Crippen molar-refractivity contribution in [3.05, 3.63) is 65.4 Å². The van der Waals surface area contributed by atoms with Crippen LogP contribution in [0.1, 0.15) is 30.5 Å². The van der Waals surface area contributed by atoms with Gasteiger partial charge in [0.25, 0.3) is 0 Å². The molecule has 2 aromatic carbocycles. The van der Waals surface area contributed by atoms with E-state index >= 15 is 0 Å². The molecule has 0 atom stereocenters. The lowest BCUT2D eigenvalue weighted by Gasteiger charge is -2.29. The predicted molar refractivity (Wildman–Crippen MR) is 119 cm³/mol. The number of hydrogen-bond acceptors (Lipinski definition) is 6. The first-order chi connectivity index (χ1) is 14.2. The number of benzene rings is 2. The smallest absolute Gasteiger partial charge is 0.249 e. The fraction of sp³-hybridized carbons (Fsp3) is 0.348. The highest BCUT2D eigenvalue weighted by Crippen LogP contribution is 2.26. The van der Waals surface area contributed by atoms with Crippen LogP contribution in [-0.2, 0) is 13.0 Å². The van der Waals surface area contributed by atoms with Gasteiger partial charge in [-0.1, -0.05) is 24.3 Å². The molecule has 0 saturated carbocycles. The predicted octanol–water partition coefficient (Wildman–Crippen LogP) is 4.33. The molecule has 29 heavy (non-hydrogen) atoms. The van der Waals surface area contributed by atoms with Crippen LogP contribution in [0.25, 0.3) is 0 Å². The summed E-state index contributed by atoms with van der Waals surface area (Å²) < 4.78 is 0. The Morgan fingerprint density at radius 1 is 1.07 bits per heavy atom. The van der Waals surface area contributed by atoms with Crippen molar-refractivity contribution in [3.63, 3.8) is 0 Å². The van der Waals surface area contributed by atoms with Gasteiger partial charge in [-0.3, -0.25) is 0 Å². The third-order valence-electron chi connectivity index (χ3n) is 5.59. The molecule has 1 aliphatic rings. The van der Waals surface area contributed by atoms with E-state index in [1.807, 2.05) is 0 Å². The van der Waals surface area contributed by atoms with Crippen LogP contribution in [-0.4, -0.2) is 34.8 Å². The molecule has 4 rings (SSSR count). The molecule has 2 heterocycles. The maximum Gasteiger partial charge on any atom is 0.249 e. The van der Waals surface area contributed by atoms with Gasteiger partial charge in [0, 0.05) is 37.6 Å². The lowest BCUT2D eigenvalue weighted by molar-refractivity contribution is 0.715. The number of aromatic nitrogens is 3. The first kappa shape index (κ1) is 19.2. The van der Waals surface area contributed by atoms with Crippen molar-refractivity contribution in [1.29, 1.82) is 0 Å². The number of hydrogen-bond donors (Lipinski definition) is 1. The molecule has 0 radical (unpaired) electrons. The summed E-state index contributed by atoms with van der Waals surface area (Å²) in [6.45, 7) is 10.2. The average Bonchev–Trinajstić information content (AvgIpc) is 2.76. The van der Waals surface area contributed by atoms with E-state index < -0.39 is 0 Å². The second-order valence-corrected chi connectivity index (χ2v) is 7.37. The Morgan fingerprint density at radius 2 is 1.86 bits per heavy atom. The van der Waals surface area contributed by atoms with Crippen molar-refractivity contribution < 1.29 is 0 Å². The van der Waals surface area contributed by atoms with E-state index in [9.17, 15) is 0 Å². The van der Waals surface area contributed by atoms with E-state index in [0.29, 0.717) is 5.95 Å². The molecule has 0 fully saturated rings. The molecule has 0 bridgehead atoms. The van der Waals surface area contributed by atoms with E-state index in [2.05, 4.69) is 88.5 Å². The Balaban J connectivity index is 1.51. The molecule has 6 nitrogen and oxygen atoms in total. The Hall–Kier alpha value is -3.15. The minimum Gasteiger partial charge on any atom is -0.372 e. The van der Waals surface area contributed by atoms with Gasteiger partial charge >= 0.3 is 0 Å². The maximum absolute atomic E-state index is 4.73. The molecule has 0 spiro atoms. The molecule has 0 saturated heterocycles. The lowest BCUT2D eigenvalue weighted by atomic mass is 10.0. The fourth-order valence-corrected chi connectivity index (χ4v) is 3.89. The number of aryl methyl sites for hydroxylation is 1. The summed E-state index contributed by atoms with van der Waals surface area (Å²) in [6, 6.07) is 15.0. The summed E-state index contributed by atoms with van der Waals surface area (Å²) in [6.07, 6.45) is 2.77. The molecule has 3 aromatic rings. The summed E-state index contributed by atoms with van der Waals surface area (Å²) in [4.78, 5) is 9.33. The Morgan fingerprint density at radius 3 is 2.62 bits per heavy atom. The first-order valence-electron chi connectivity index (χ1n) is 10.3. The van der Waals surface area contributed by atoms with E-state index in [1.165, 1.54) is 16.8 Å². The molecular formula is C23H28N6. The summed E-state index contributed by atoms with van der Waals surface area (Å²) in [5.41, 5.74) is 6.18. The quantitative estimate of drug-likeness (QED) is 0.678. The van der Waals surface area contributed by atoms with E-state index in [0.717, 1.165) is 49.7 Å². The minimum absolute atomic E-state index is 0.528. The third-order valence-corrected chi connectivity index (χ3v) is 5.59. The van der Waals surface area contributed by atoms with Gasteiger partial charge in [0.1, 0.15) is 0 Å². The second kappa shape index (κ2) is 8.47. The Bertz CT molecular complexity index is 983. The van der Waals surface area contributed by atoms with Crippen LogP contribution >= 0.6 is 0 Å². The molecule has 0 amide bonds. The van der Waals surface area contributed by atoms with E-state index in [-0.39, 0.29) is 0 Å². The zero-order chi connectivity index (χ0) is 20.2. The number of nitrogens with one attached hydrogen (secondary N) is 1. The molecule has 1 N–H and O–H groups in total. The molecule has 1 aromatic heterocycles. The highest BCUT2D eigenvalue weighted by Gasteiger charge is 2.18. The minimum atomic E-state index is 0.528. The molecular weight excluding hydrogens is 360 g/mol. The summed E-state index contributed by atoms with van der Waals surface area (Å²) in [5.74, 6) is 1.38. The Labute approximate surface area is 172 Å². The van der Waals surface area contributed by atoms with Crippen molar-refractivity contribution in [2.24, 2.45) is 0 Å². The molecule has 150 valence electrons. The van der Waals surface area contributed by atoms with Gasteiger partial charge in [-0.05, 0) is 62.1 Å². The van der Waals surface area contributed by atoms with E-state index in [1.54, 1.807) is 6.20 Å². The lowest BCUT2D eigenvalue weighted by Crippen LogP contribution is -2.31. The fourth-order valence-electron chi connectivity index (χ4n) is 3.89. The number of rotatable bonds is 6. The standard InChI is InChI=1S/C23H28N6/c1-4-28(5-2)20-10-11-21(17(3)14-20)25-23-26-22(15-24-27-23)29-13-12-18-8-6-7-9-19(18)16-29/h6-11,14-15H,4-5,12-13,16H2,1-3H3,(H,25,26,27). The van der Waals surface area contributed by atoms with Crippen LogP contribution in [0.5, 0.6) is 0 Å². The van der Waals surface area contributed by atoms with Gasteiger partial charge in [-0.25, -0.2) is 0 Å². The van der Waals surface area contributed by atoms with Crippen LogP contribution in [0.2, 0.25) is 0 Å². The second-order valence-electron chi connectivity index (χ2n) is 7.37. The van der Waals surface area contributed by atoms with Crippen LogP contribution in [0.15, 0.2) is 48.7 Å².